The maximum atomic E-state index is 5.42. The highest BCUT2D eigenvalue weighted by molar-refractivity contribution is 7.80. The molecule has 0 bridgehead atoms. The number of nitrogens with two attached hydrogens (primary N) is 1. The minimum atomic E-state index is 0.236. The molecule has 0 aliphatic heterocycles. The normalized spacial score (nSPS) is 10.1. The van der Waals surface area contributed by atoms with Crippen LogP contribution in [0, 0.1) is 0 Å². The van der Waals surface area contributed by atoms with Crippen LogP contribution in [0.25, 0.3) is 0 Å². The average Bonchev–Trinajstić information content (AvgIpc) is 2.65. The summed E-state index contributed by atoms with van der Waals surface area (Å²) in [6.07, 6.45) is 4.79. The number of rotatable bonds is 3. The van der Waals surface area contributed by atoms with Gasteiger partial charge in [-0.05, 0) is 0 Å². The zero-order chi connectivity index (χ0) is 11.5. The Kier molecular flexibility index (Phi) is 2.78. The van der Waals surface area contributed by atoms with Crippen LogP contribution in [0.2, 0.25) is 0 Å². The Morgan fingerprint density at radius 1 is 1.44 bits per heavy atom. The first-order valence-electron chi connectivity index (χ1n) is 4.53. The summed E-state index contributed by atoms with van der Waals surface area (Å²) >= 11 is 4.78. The molecule has 0 saturated carbocycles. The number of hydrogen-bond acceptors (Lipinski definition) is 5. The van der Waals surface area contributed by atoms with E-state index in [9.17, 15) is 0 Å². The van der Waals surface area contributed by atoms with E-state index in [1.54, 1.807) is 17.1 Å². The summed E-state index contributed by atoms with van der Waals surface area (Å²) in [7, 11) is 1.83. The molecule has 6 nitrogen and oxygen atoms in total. The topological polar surface area (TPSA) is 81.7 Å². The molecular weight excluding hydrogens is 224 g/mol. The van der Waals surface area contributed by atoms with E-state index in [0.717, 1.165) is 5.82 Å². The Hall–Kier alpha value is -2.02. The summed E-state index contributed by atoms with van der Waals surface area (Å²) in [4.78, 5) is 8.44. The number of anilines is 2. The van der Waals surface area contributed by atoms with Crippen LogP contribution >= 0.6 is 12.2 Å². The molecule has 0 aliphatic rings. The fraction of sp³-hybridized carbons (Fsp3) is 0.111. The van der Waals surface area contributed by atoms with E-state index in [-0.39, 0.29) is 4.99 Å². The molecule has 7 heteroatoms. The molecule has 0 spiro atoms. The summed E-state index contributed by atoms with van der Waals surface area (Å²) in [6.45, 7) is 0. The third kappa shape index (κ3) is 2.14. The quantitative estimate of drug-likeness (QED) is 0.756. The predicted molar refractivity (Wildman–Crippen MR) is 64.4 cm³/mol. The molecule has 3 N–H and O–H groups in total. The van der Waals surface area contributed by atoms with Crippen LogP contribution in [0.1, 0.15) is 5.69 Å². The van der Waals surface area contributed by atoms with Crippen molar-refractivity contribution in [1.82, 2.24) is 19.7 Å². The van der Waals surface area contributed by atoms with Gasteiger partial charge in [0, 0.05) is 13.1 Å². The van der Waals surface area contributed by atoms with Crippen LogP contribution in [0.15, 0.2) is 24.7 Å². The van der Waals surface area contributed by atoms with Gasteiger partial charge in [-0.3, -0.25) is 4.68 Å². The summed E-state index contributed by atoms with van der Waals surface area (Å²) in [6, 6.07) is 1.84. The van der Waals surface area contributed by atoms with Crippen molar-refractivity contribution in [3.05, 3.63) is 30.4 Å². The molecule has 0 fully saturated rings. The van der Waals surface area contributed by atoms with Crippen molar-refractivity contribution < 1.29 is 0 Å². The van der Waals surface area contributed by atoms with E-state index in [1.807, 2.05) is 13.1 Å². The zero-order valence-electron chi connectivity index (χ0n) is 8.58. The van der Waals surface area contributed by atoms with Crippen LogP contribution in [0.4, 0.5) is 11.6 Å². The van der Waals surface area contributed by atoms with Gasteiger partial charge < -0.3 is 11.1 Å². The lowest BCUT2D eigenvalue weighted by Crippen LogP contribution is -2.12. The van der Waals surface area contributed by atoms with E-state index >= 15 is 0 Å². The Labute approximate surface area is 97.5 Å². The van der Waals surface area contributed by atoms with Gasteiger partial charge in [0.2, 0.25) is 0 Å². The Morgan fingerprint density at radius 2 is 2.25 bits per heavy atom. The first-order valence-corrected chi connectivity index (χ1v) is 4.94. The van der Waals surface area contributed by atoms with E-state index in [4.69, 9.17) is 18.0 Å². The molecule has 2 aromatic heterocycles. The van der Waals surface area contributed by atoms with E-state index in [1.165, 1.54) is 6.20 Å². The molecule has 0 saturated heterocycles. The van der Waals surface area contributed by atoms with Crippen LogP contribution < -0.4 is 11.1 Å². The molecule has 0 aromatic carbocycles. The van der Waals surface area contributed by atoms with Crippen LogP contribution in [0.5, 0.6) is 0 Å². The molecule has 0 aliphatic carbocycles. The highest BCUT2D eigenvalue weighted by Crippen LogP contribution is 2.11. The van der Waals surface area contributed by atoms with Gasteiger partial charge in [0.1, 0.15) is 22.3 Å². The number of nitrogens with zero attached hydrogens (tertiary/aromatic N) is 4. The third-order valence-electron chi connectivity index (χ3n) is 1.98. The lowest BCUT2D eigenvalue weighted by molar-refractivity contribution is 0.776. The van der Waals surface area contributed by atoms with Gasteiger partial charge in [-0.2, -0.15) is 5.10 Å². The second kappa shape index (κ2) is 4.23. The van der Waals surface area contributed by atoms with Gasteiger partial charge in [-0.1, -0.05) is 12.2 Å². The van der Waals surface area contributed by atoms with Crippen molar-refractivity contribution in [2.75, 3.05) is 5.32 Å². The van der Waals surface area contributed by atoms with Crippen LogP contribution in [0.3, 0.4) is 0 Å². The van der Waals surface area contributed by atoms with Crippen molar-refractivity contribution in [3.63, 3.8) is 0 Å². The molecule has 0 atom stereocenters. The van der Waals surface area contributed by atoms with E-state index in [2.05, 4.69) is 20.4 Å². The van der Waals surface area contributed by atoms with Gasteiger partial charge >= 0.3 is 0 Å². The Bertz CT molecular complexity index is 503. The second-order valence-electron chi connectivity index (χ2n) is 3.12. The Morgan fingerprint density at radius 3 is 2.75 bits per heavy atom. The average molecular weight is 234 g/mol. The lowest BCUT2D eigenvalue weighted by atomic mass is 10.4. The van der Waals surface area contributed by atoms with Crippen molar-refractivity contribution in [1.29, 1.82) is 0 Å². The lowest BCUT2D eigenvalue weighted by Gasteiger charge is -2.05. The number of aromatic nitrogens is 4. The molecular formula is C9H10N6S. The molecule has 2 aromatic rings. The van der Waals surface area contributed by atoms with Crippen LogP contribution in [-0.4, -0.2) is 24.7 Å². The molecule has 0 radical (unpaired) electrons. The number of nitrogens with one attached hydrogen (secondary N) is 1. The second-order valence-corrected chi connectivity index (χ2v) is 3.56. The van der Waals surface area contributed by atoms with Gasteiger partial charge in [-0.25, -0.2) is 9.97 Å². The van der Waals surface area contributed by atoms with Crippen molar-refractivity contribution in [2.45, 2.75) is 0 Å². The van der Waals surface area contributed by atoms with Gasteiger partial charge in [-0.15, -0.1) is 0 Å². The molecule has 2 heterocycles. The summed E-state index contributed by atoms with van der Waals surface area (Å²) in [5, 5.41) is 7.08. The number of thiocarbonyl (C=S) groups is 1. The minimum Gasteiger partial charge on any atom is -0.388 e. The van der Waals surface area contributed by atoms with Crippen molar-refractivity contribution in [3.8, 4) is 0 Å². The third-order valence-corrected chi connectivity index (χ3v) is 2.19. The fourth-order valence-corrected chi connectivity index (χ4v) is 1.25. The maximum Gasteiger partial charge on any atom is 0.150 e. The number of hydrogen-bond donors (Lipinski definition) is 2. The predicted octanol–water partition coefficient (Wildman–Crippen LogP) is 0.588. The highest BCUT2D eigenvalue weighted by Gasteiger charge is 2.02. The fourth-order valence-electron chi connectivity index (χ4n) is 1.15. The Balaban J connectivity index is 2.17. The van der Waals surface area contributed by atoms with Gasteiger partial charge in [0.15, 0.2) is 0 Å². The summed E-state index contributed by atoms with van der Waals surface area (Å²) in [5.74, 6) is 1.45. The van der Waals surface area contributed by atoms with E-state index < -0.39 is 0 Å². The first-order chi connectivity index (χ1) is 7.66. The minimum absolute atomic E-state index is 0.236. The molecule has 16 heavy (non-hydrogen) atoms. The first kappa shape index (κ1) is 10.5. The van der Waals surface area contributed by atoms with Crippen molar-refractivity contribution >= 4 is 28.8 Å². The van der Waals surface area contributed by atoms with E-state index in [0.29, 0.717) is 11.5 Å². The highest BCUT2D eigenvalue weighted by atomic mass is 32.1. The molecule has 0 unspecified atom stereocenters. The monoisotopic (exact) mass is 234 g/mol. The summed E-state index contributed by atoms with van der Waals surface area (Å²) in [5.41, 5.74) is 5.92. The SMILES string of the molecule is Cn1nccc1Nc1cnc(C(N)=S)cn1. The van der Waals surface area contributed by atoms with Crippen molar-refractivity contribution in [2.24, 2.45) is 12.8 Å². The number of aryl methyl sites for hydroxylation is 1. The summed E-state index contributed by atoms with van der Waals surface area (Å²) < 4.78 is 1.70. The maximum absolute atomic E-state index is 5.42. The largest absolute Gasteiger partial charge is 0.388 e. The smallest absolute Gasteiger partial charge is 0.150 e. The standard InChI is InChI=1S/C9H10N6S/c1-15-8(2-3-13-15)14-7-5-11-6(4-12-7)9(10)16/h2-5H,1H3,(H2,10,16)(H,12,14). The van der Waals surface area contributed by atoms with Gasteiger partial charge in [0.25, 0.3) is 0 Å². The molecule has 0 amide bonds. The zero-order valence-corrected chi connectivity index (χ0v) is 9.40. The van der Waals surface area contributed by atoms with Crippen LogP contribution in [-0.2, 0) is 7.05 Å². The molecule has 2 rings (SSSR count). The molecule has 82 valence electrons. The van der Waals surface area contributed by atoms with Gasteiger partial charge in [0.05, 0.1) is 18.6 Å².